The predicted octanol–water partition coefficient (Wildman–Crippen LogP) is 2.97. The number of Topliss-reactive ketones (excluding diaryl/α,β-unsaturated/α-hetero) is 2. The van der Waals surface area contributed by atoms with Gasteiger partial charge < -0.3 is 13.9 Å². The molecule has 0 fully saturated rings. The highest BCUT2D eigenvalue weighted by atomic mass is 16.5. The van der Waals surface area contributed by atoms with Crippen molar-refractivity contribution in [3.8, 4) is 5.75 Å². The lowest BCUT2D eigenvalue weighted by Gasteiger charge is -2.10. The van der Waals surface area contributed by atoms with Gasteiger partial charge in [0.05, 0.1) is 19.6 Å². The Labute approximate surface area is 145 Å². The largest absolute Gasteiger partial charge is 0.491 e. The minimum absolute atomic E-state index is 0.0434. The maximum atomic E-state index is 12.0. The van der Waals surface area contributed by atoms with Crippen molar-refractivity contribution in [2.45, 2.75) is 32.8 Å². The van der Waals surface area contributed by atoms with Crippen LogP contribution in [0, 0.1) is 0 Å². The minimum Gasteiger partial charge on any atom is -0.491 e. The van der Waals surface area contributed by atoms with Crippen LogP contribution in [0.15, 0.2) is 40.8 Å². The number of ketones is 2. The van der Waals surface area contributed by atoms with E-state index in [1.807, 2.05) is 38.1 Å². The highest BCUT2D eigenvalue weighted by Gasteiger charge is 2.21. The zero-order chi connectivity index (χ0) is 18.4. The normalized spacial score (nSPS) is 10.6. The lowest BCUT2D eigenvalue weighted by Crippen LogP contribution is -2.19. The molecular formula is C19H20O6. The summed E-state index contributed by atoms with van der Waals surface area (Å²) in [6.07, 6.45) is -0.0133. The van der Waals surface area contributed by atoms with Crippen molar-refractivity contribution in [2.24, 2.45) is 0 Å². The Kier molecular flexibility index (Phi) is 6.11. The van der Waals surface area contributed by atoms with E-state index in [1.54, 1.807) is 6.07 Å². The van der Waals surface area contributed by atoms with Crippen LogP contribution < -0.4 is 4.74 Å². The molecular weight excluding hydrogens is 324 g/mol. The van der Waals surface area contributed by atoms with Crippen molar-refractivity contribution < 1.29 is 28.3 Å². The summed E-state index contributed by atoms with van der Waals surface area (Å²) in [6, 6.07) is 10.8. The number of ether oxygens (including phenoxy) is 2. The number of carbonyl (C=O) groups excluding carboxylic acids is 3. The van der Waals surface area contributed by atoms with Crippen LogP contribution in [0.3, 0.4) is 0 Å². The molecule has 0 unspecified atom stereocenters. The second-order valence-corrected chi connectivity index (χ2v) is 5.77. The number of hydrogen-bond acceptors (Lipinski definition) is 6. The van der Waals surface area contributed by atoms with Crippen molar-refractivity contribution in [3.05, 3.63) is 53.5 Å². The molecule has 6 heteroatoms. The van der Waals surface area contributed by atoms with Crippen LogP contribution in [0.25, 0.3) is 0 Å². The van der Waals surface area contributed by atoms with Gasteiger partial charge in [0.15, 0.2) is 5.76 Å². The fraction of sp³-hybridized carbons (Fsp3) is 0.316. The summed E-state index contributed by atoms with van der Waals surface area (Å²) in [4.78, 5) is 34.5. The van der Waals surface area contributed by atoms with Gasteiger partial charge in [0, 0.05) is 6.42 Å². The SMILES string of the molecule is COC(=O)C(=O)CC(=O)c1ccc(Cc2cccc(OC(C)C)c2)o1. The van der Waals surface area contributed by atoms with Gasteiger partial charge in [0.25, 0.3) is 0 Å². The van der Waals surface area contributed by atoms with Gasteiger partial charge in [-0.1, -0.05) is 12.1 Å². The monoisotopic (exact) mass is 344 g/mol. The Morgan fingerprint density at radius 3 is 2.56 bits per heavy atom. The first-order valence-electron chi connectivity index (χ1n) is 7.87. The van der Waals surface area contributed by atoms with Gasteiger partial charge in [-0.15, -0.1) is 0 Å². The van der Waals surface area contributed by atoms with Gasteiger partial charge in [-0.25, -0.2) is 4.79 Å². The van der Waals surface area contributed by atoms with Crippen molar-refractivity contribution in [3.63, 3.8) is 0 Å². The summed E-state index contributed by atoms with van der Waals surface area (Å²) < 4.78 is 15.4. The molecule has 0 saturated carbocycles. The van der Waals surface area contributed by atoms with Crippen LogP contribution in [0.2, 0.25) is 0 Å². The fourth-order valence-electron chi connectivity index (χ4n) is 2.24. The van der Waals surface area contributed by atoms with Gasteiger partial charge >= 0.3 is 5.97 Å². The first kappa shape index (κ1) is 18.4. The molecule has 132 valence electrons. The summed E-state index contributed by atoms with van der Waals surface area (Å²) in [5.74, 6) is -1.11. The lowest BCUT2D eigenvalue weighted by atomic mass is 10.1. The third kappa shape index (κ3) is 5.31. The van der Waals surface area contributed by atoms with Crippen molar-refractivity contribution in [1.82, 2.24) is 0 Å². The Morgan fingerprint density at radius 2 is 1.88 bits per heavy atom. The van der Waals surface area contributed by atoms with Crippen LogP contribution in [0.1, 0.15) is 42.1 Å². The topological polar surface area (TPSA) is 82.8 Å². The number of esters is 1. The quantitative estimate of drug-likeness (QED) is 0.317. The predicted molar refractivity (Wildman–Crippen MR) is 89.7 cm³/mol. The molecule has 6 nitrogen and oxygen atoms in total. The molecule has 0 atom stereocenters. The maximum Gasteiger partial charge on any atom is 0.374 e. The van der Waals surface area contributed by atoms with Gasteiger partial charge in [0.2, 0.25) is 11.6 Å². The Bertz CT molecular complexity index is 772. The van der Waals surface area contributed by atoms with Crippen LogP contribution in [-0.4, -0.2) is 30.7 Å². The maximum absolute atomic E-state index is 12.0. The summed E-state index contributed by atoms with van der Waals surface area (Å²) in [5, 5.41) is 0. The molecule has 0 aliphatic carbocycles. The number of rotatable bonds is 8. The average Bonchev–Trinajstić information content (AvgIpc) is 3.02. The number of furan rings is 1. The molecule has 1 aromatic heterocycles. The van der Waals surface area contributed by atoms with E-state index in [0.717, 1.165) is 18.4 Å². The number of carbonyl (C=O) groups is 3. The molecule has 1 aromatic carbocycles. The Balaban J connectivity index is 2.03. The highest BCUT2D eigenvalue weighted by Crippen LogP contribution is 2.19. The molecule has 2 rings (SSSR count). The van der Waals surface area contributed by atoms with E-state index in [0.29, 0.717) is 12.2 Å². The summed E-state index contributed by atoms with van der Waals surface area (Å²) in [6.45, 7) is 3.90. The molecule has 0 radical (unpaired) electrons. The van der Waals surface area contributed by atoms with E-state index >= 15 is 0 Å². The zero-order valence-corrected chi connectivity index (χ0v) is 14.4. The molecule has 0 bridgehead atoms. The highest BCUT2D eigenvalue weighted by molar-refractivity contribution is 6.37. The van der Waals surface area contributed by atoms with Gasteiger partial charge in [-0.2, -0.15) is 0 Å². The molecule has 0 amide bonds. The van der Waals surface area contributed by atoms with E-state index in [4.69, 9.17) is 9.15 Å². The molecule has 0 spiro atoms. The second kappa shape index (κ2) is 8.28. The second-order valence-electron chi connectivity index (χ2n) is 5.77. The van der Waals surface area contributed by atoms with Crippen LogP contribution in [0.5, 0.6) is 5.75 Å². The first-order chi connectivity index (χ1) is 11.9. The van der Waals surface area contributed by atoms with E-state index < -0.39 is 24.0 Å². The van der Waals surface area contributed by atoms with Gasteiger partial charge in [0.1, 0.15) is 11.5 Å². The standard InChI is InChI=1S/C19H20O6/c1-12(2)24-14-6-4-5-13(9-14)10-15-7-8-18(25-15)16(20)11-17(21)19(22)23-3/h4-9,12H,10-11H2,1-3H3. The molecule has 0 aliphatic rings. The summed E-state index contributed by atoms with van der Waals surface area (Å²) >= 11 is 0. The molecule has 25 heavy (non-hydrogen) atoms. The Morgan fingerprint density at radius 1 is 1.12 bits per heavy atom. The van der Waals surface area contributed by atoms with Gasteiger partial charge in [-0.3, -0.25) is 9.59 Å². The van der Waals surface area contributed by atoms with E-state index in [2.05, 4.69) is 4.74 Å². The van der Waals surface area contributed by atoms with E-state index in [-0.39, 0.29) is 11.9 Å². The molecule has 0 N–H and O–H groups in total. The van der Waals surface area contributed by atoms with Crippen molar-refractivity contribution in [2.75, 3.05) is 7.11 Å². The van der Waals surface area contributed by atoms with Crippen LogP contribution in [-0.2, 0) is 20.7 Å². The first-order valence-corrected chi connectivity index (χ1v) is 7.87. The number of methoxy groups -OCH3 is 1. The van der Waals surface area contributed by atoms with Crippen molar-refractivity contribution >= 4 is 17.5 Å². The molecule has 1 heterocycles. The number of hydrogen-bond donors (Lipinski definition) is 0. The lowest BCUT2D eigenvalue weighted by molar-refractivity contribution is -0.151. The minimum atomic E-state index is -1.04. The van der Waals surface area contributed by atoms with Gasteiger partial charge in [-0.05, 0) is 43.7 Å². The summed E-state index contributed by atoms with van der Waals surface area (Å²) in [5.41, 5.74) is 0.970. The van der Waals surface area contributed by atoms with E-state index in [1.165, 1.54) is 6.07 Å². The molecule has 2 aromatic rings. The van der Waals surface area contributed by atoms with Crippen LogP contribution in [0.4, 0.5) is 0 Å². The molecule has 0 saturated heterocycles. The fourth-order valence-corrected chi connectivity index (χ4v) is 2.24. The third-order valence-corrected chi connectivity index (χ3v) is 3.32. The molecule has 0 aliphatic heterocycles. The Hall–Kier alpha value is -2.89. The van der Waals surface area contributed by atoms with Crippen LogP contribution >= 0.6 is 0 Å². The summed E-state index contributed by atoms with van der Waals surface area (Å²) in [7, 11) is 1.09. The van der Waals surface area contributed by atoms with E-state index in [9.17, 15) is 14.4 Å². The smallest absolute Gasteiger partial charge is 0.374 e. The zero-order valence-electron chi connectivity index (χ0n) is 14.4. The van der Waals surface area contributed by atoms with Crippen molar-refractivity contribution in [1.29, 1.82) is 0 Å². The third-order valence-electron chi connectivity index (χ3n) is 3.32. The average molecular weight is 344 g/mol. The number of benzene rings is 1.